The van der Waals surface area contributed by atoms with E-state index in [-0.39, 0.29) is 22.1 Å². The van der Waals surface area contributed by atoms with E-state index in [0.717, 1.165) is 6.07 Å². The Hall–Kier alpha value is -1.93. The Kier molecular flexibility index (Phi) is 6.28. The summed E-state index contributed by atoms with van der Waals surface area (Å²) in [4.78, 5) is 23.0. The van der Waals surface area contributed by atoms with E-state index < -0.39 is 21.9 Å². The summed E-state index contributed by atoms with van der Waals surface area (Å²) in [5, 5.41) is 2.56. The number of nitrogens with one attached hydrogen (secondary N) is 1. The van der Waals surface area contributed by atoms with Crippen LogP contribution in [0.2, 0.25) is 0 Å². The quantitative estimate of drug-likeness (QED) is 0.579. The molecule has 0 fully saturated rings. The van der Waals surface area contributed by atoms with Crippen LogP contribution in [-0.2, 0) is 26.1 Å². The molecule has 0 aliphatic rings. The van der Waals surface area contributed by atoms with Crippen LogP contribution in [0.5, 0.6) is 5.75 Å². The second-order valence-corrected chi connectivity index (χ2v) is 6.60. The van der Waals surface area contributed by atoms with Crippen LogP contribution in [0.15, 0.2) is 17.0 Å². The van der Waals surface area contributed by atoms with Crippen LogP contribution in [-0.4, -0.2) is 31.8 Å². The molecule has 23 heavy (non-hydrogen) atoms. The molecule has 0 spiro atoms. The van der Waals surface area contributed by atoms with Crippen molar-refractivity contribution in [3.8, 4) is 5.75 Å². The minimum absolute atomic E-state index is 0.0848. The van der Waals surface area contributed by atoms with E-state index in [1.165, 1.54) is 27.0 Å². The van der Waals surface area contributed by atoms with E-state index in [9.17, 15) is 22.6 Å². The van der Waals surface area contributed by atoms with Gasteiger partial charge in [0, 0.05) is 6.07 Å². The fraction of sp³-hybridized carbons (Fsp3) is 0.467. The molecule has 1 atom stereocenters. The van der Waals surface area contributed by atoms with Crippen molar-refractivity contribution in [2.24, 2.45) is 5.92 Å². The summed E-state index contributed by atoms with van der Waals surface area (Å²) in [6.45, 7) is 4.64. The predicted molar refractivity (Wildman–Crippen MR) is 85.3 cm³/mol. The number of methoxy groups -OCH3 is 1. The average molecular weight is 343 g/mol. The number of rotatable bonds is 7. The minimum Gasteiger partial charge on any atom is -0.495 e. The summed E-state index contributed by atoms with van der Waals surface area (Å²) in [5.74, 6) is -1.56. The van der Waals surface area contributed by atoms with Gasteiger partial charge in [0.1, 0.15) is 16.4 Å². The summed E-state index contributed by atoms with van der Waals surface area (Å²) < 4.78 is 37.4. The van der Waals surface area contributed by atoms with Gasteiger partial charge in [0.15, 0.2) is 0 Å². The largest absolute Gasteiger partial charge is 0.495 e. The van der Waals surface area contributed by atoms with Gasteiger partial charge in [-0.2, -0.15) is 8.42 Å². The topological polar surface area (TPSA) is 110 Å². The fourth-order valence-electron chi connectivity index (χ4n) is 2.00. The molecule has 1 unspecified atom stereocenters. The van der Waals surface area contributed by atoms with Crippen molar-refractivity contribution in [3.63, 3.8) is 0 Å². The van der Waals surface area contributed by atoms with Crippen molar-refractivity contribution in [2.75, 3.05) is 12.4 Å². The molecule has 0 heterocycles. The van der Waals surface area contributed by atoms with E-state index >= 15 is 0 Å². The highest BCUT2D eigenvalue weighted by atomic mass is 32.2. The number of anilines is 1. The Balaban J connectivity index is 3.35. The summed E-state index contributed by atoms with van der Waals surface area (Å²) >= 11 is 0. The molecule has 0 saturated carbocycles. The van der Waals surface area contributed by atoms with Gasteiger partial charge in [-0.3, -0.25) is 14.1 Å². The first-order valence-corrected chi connectivity index (χ1v) is 8.55. The molecule has 0 bridgehead atoms. The number of hydrogen-bond acceptors (Lipinski definition) is 5. The molecular formula is C15H21NO6S. The van der Waals surface area contributed by atoms with Crippen molar-refractivity contribution < 1.29 is 27.3 Å². The Labute approximate surface area is 135 Å². The van der Waals surface area contributed by atoms with Crippen LogP contribution >= 0.6 is 0 Å². The third-order valence-corrected chi connectivity index (χ3v) is 4.38. The van der Waals surface area contributed by atoms with Crippen molar-refractivity contribution in [3.05, 3.63) is 17.7 Å². The van der Waals surface area contributed by atoms with Gasteiger partial charge in [-0.05, 0) is 31.9 Å². The maximum Gasteiger partial charge on any atom is 0.294 e. The summed E-state index contributed by atoms with van der Waals surface area (Å²) in [6.07, 6.45) is 1.04. The monoisotopic (exact) mass is 343 g/mol. The number of aryl methyl sites for hydroxylation is 1. The molecule has 0 aliphatic heterocycles. The van der Waals surface area contributed by atoms with Crippen LogP contribution in [0, 0.1) is 5.92 Å². The molecule has 7 nitrogen and oxygen atoms in total. The molecule has 0 saturated heterocycles. The van der Waals surface area contributed by atoms with Gasteiger partial charge in [0.25, 0.3) is 10.1 Å². The van der Waals surface area contributed by atoms with Gasteiger partial charge < -0.3 is 10.1 Å². The van der Waals surface area contributed by atoms with E-state index in [4.69, 9.17) is 4.74 Å². The van der Waals surface area contributed by atoms with Crippen LogP contribution in [0.3, 0.4) is 0 Å². The van der Waals surface area contributed by atoms with Crippen molar-refractivity contribution in [1.29, 1.82) is 0 Å². The lowest BCUT2D eigenvalue weighted by Crippen LogP contribution is -2.26. The van der Waals surface area contributed by atoms with Gasteiger partial charge in [0.05, 0.1) is 18.7 Å². The van der Waals surface area contributed by atoms with Crippen LogP contribution < -0.4 is 10.1 Å². The number of ether oxygens (including phenoxy) is 1. The highest BCUT2D eigenvalue weighted by Gasteiger charge is 2.22. The number of ketones is 1. The maximum absolute atomic E-state index is 12.0. The fourth-order valence-corrected chi connectivity index (χ4v) is 2.75. The number of Topliss-reactive ketones (excluding diaryl/α,β-unsaturated/α-hetero) is 1. The van der Waals surface area contributed by atoms with Gasteiger partial charge in [-0.1, -0.05) is 13.3 Å². The minimum atomic E-state index is -4.41. The number of carbonyl (C=O) groups is 2. The number of carbonyl (C=O) groups excluding carboxylic acids is 2. The smallest absolute Gasteiger partial charge is 0.294 e. The zero-order chi connectivity index (χ0) is 17.8. The molecule has 0 aromatic heterocycles. The molecule has 0 radical (unpaired) electrons. The maximum atomic E-state index is 12.0. The zero-order valence-corrected chi connectivity index (χ0v) is 14.4. The highest BCUT2D eigenvalue weighted by molar-refractivity contribution is 7.85. The standard InChI is InChI=1S/C15H21NO6S/c1-5-6-11-7-12(16-15(18)9(2)10(3)17)13(22-4)8-14(11)23(19,20)21/h7-9H,5-6H2,1-4H3,(H,16,18)(H,19,20,21). The predicted octanol–water partition coefficient (Wildman–Crippen LogP) is 2.06. The van der Waals surface area contributed by atoms with Crippen molar-refractivity contribution >= 4 is 27.5 Å². The van der Waals surface area contributed by atoms with Gasteiger partial charge >= 0.3 is 0 Å². The van der Waals surface area contributed by atoms with Crippen molar-refractivity contribution in [2.45, 2.75) is 38.5 Å². The van der Waals surface area contributed by atoms with Gasteiger partial charge in [-0.15, -0.1) is 0 Å². The SMILES string of the molecule is CCCc1cc(NC(=O)C(C)C(C)=O)c(OC)cc1S(=O)(=O)O. The van der Waals surface area contributed by atoms with Crippen LogP contribution in [0.25, 0.3) is 0 Å². The first-order chi connectivity index (χ1) is 10.6. The van der Waals surface area contributed by atoms with E-state index in [2.05, 4.69) is 5.32 Å². The average Bonchev–Trinajstić information content (AvgIpc) is 2.45. The molecule has 8 heteroatoms. The normalized spacial score (nSPS) is 12.6. The molecule has 1 rings (SSSR count). The summed E-state index contributed by atoms with van der Waals surface area (Å²) in [7, 11) is -3.10. The lowest BCUT2D eigenvalue weighted by atomic mass is 10.1. The van der Waals surface area contributed by atoms with Crippen LogP contribution in [0.4, 0.5) is 5.69 Å². The summed E-state index contributed by atoms with van der Waals surface area (Å²) in [6, 6.07) is 2.60. The van der Waals surface area contributed by atoms with Crippen molar-refractivity contribution in [1.82, 2.24) is 0 Å². The number of hydrogen-bond donors (Lipinski definition) is 2. The lowest BCUT2D eigenvalue weighted by molar-refractivity contribution is -0.129. The number of amides is 1. The Bertz CT molecular complexity index is 711. The van der Waals surface area contributed by atoms with E-state index in [0.29, 0.717) is 18.4 Å². The Morgan fingerprint density at radius 2 is 1.96 bits per heavy atom. The molecule has 1 aromatic rings. The second-order valence-electron chi connectivity index (χ2n) is 5.21. The molecule has 1 aromatic carbocycles. The van der Waals surface area contributed by atoms with E-state index in [1.54, 1.807) is 0 Å². The molecule has 0 aliphatic carbocycles. The zero-order valence-electron chi connectivity index (χ0n) is 13.5. The Morgan fingerprint density at radius 3 is 2.39 bits per heavy atom. The molecule has 128 valence electrons. The number of benzene rings is 1. The molecular weight excluding hydrogens is 322 g/mol. The van der Waals surface area contributed by atoms with E-state index in [1.807, 2.05) is 6.92 Å². The molecule has 2 N–H and O–H groups in total. The highest BCUT2D eigenvalue weighted by Crippen LogP contribution is 2.32. The Morgan fingerprint density at radius 1 is 1.35 bits per heavy atom. The third-order valence-electron chi connectivity index (χ3n) is 3.44. The first kappa shape index (κ1) is 19.1. The molecule has 1 amide bonds. The third kappa shape index (κ3) is 4.77. The van der Waals surface area contributed by atoms with Gasteiger partial charge in [0.2, 0.25) is 5.91 Å². The van der Waals surface area contributed by atoms with Gasteiger partial charge in [-0.25, -0.2) is 0 Å². The summed E-state index contributed by atoms with van der Waals surface area (Å²) in [5.41, 5.74) is 0.614. The lowest BCUT2D eigenvalue weighted by Gasteiger charge is -2.16. The second kappa shape index (κ2) is 7.56. The first-order valence-electron chi connectivity index (χ1n) is 7.11. The van der Waals surface area contributed by atoms with Crippen LogP contribution in [0.1, 0.15) is 32.8 Å².